The molecule has 6 atom stereocenters. The number of aliphatic hydroxyl groups excluding tert-OH is 2. The fraction of sp³-hybridized carbons (Fsp3) is 0.519. The molecule has 228 valence electrons. The Morgan fingerprint density at radius 3 is 2.60 bits per heavy atom. The van der Waals surface area contributed by atoms with Crippen molar-refractivity contribution in [3.05, 3.63) is 42.5 Å². The van der Waals surface area contributed by atoms with E-state index in [0.29, 0.717) is 34.9 Å². The SMILES string of the molecule is COc1ccc(C[C@@H](NC(=O)C(N)CCSC)C(=O)N[C@H]2[C@@H](O)[C@H](n3cnc4c(N(C)C)ncnc43)O[C@@H]2CO)cc1. The predicted molar refractivity (Wildman–Crippen MR) is 158 cm³/mol. The molecule has 42 heavy (non-hydrogen) atoms. The fourth-order valence-electron chi connectivity index (χ4n) is 4.79. The summed E-state index contributed by atoms with van der Waals surface area (Å²) >= 11 is 1.57. The first kappa shape index (κ1) is 31.4. The average molecular weight is 603 g/mol. The number of hydrogen-bond donors (Lipinski definition) is 5. The zero-order valence-corrected chi connectivity index (χ0v) is 24.8. The highest BCUT2D eigenvalue weighted by Gasteiger charge is 2.46. The summed E-state index contributed by atoms with van der Waals surface area (Å²) in [7, 11) is 5.21. The summed E-state index contributed by atoms with van der Waals surface area (Å²) in [6, 6.07) is 4.32. The molecule has 2 aromatic heterocycles. The van der Waals surface area contributed by atoms with Crippen molar-refractivity contribution in [2.75, 3.05) is 44.7 Å². The Kier molecular flexibility index (Phi) is 10.6. The molecular formula is C27H38N8O6S. The highest BCUT2D eigenvalue weighted by molar-refractivity contribution is 7.98. The fourth-order valence-corrected chi connectivity index (χ4v) is 5.28. The number of nitrogens with one attached hydrogen (secondary N) is 2. The molecule has 1 saturated heterocycles. The summed E-state index contributed by atoms with van der Waals surface area (Å²) in [4.78, 5) is 41.3. The van der Waals surface area contributed by atoms with Gasteiger partial charge in [-0.25, -0.2) is 15.0 Å². The number of nitrogens with two attached hydrogens (primary N) is 1. The molecule has 4 rings (SSSR count). The molecule has 1 aromatic carbocycles. The molecule has 3 aromatic rings. The Balaban J connectivity index is 1.55. The van der Waals surface area contributed by atoms with E-state index in [1.807, 2.05) is 20.4 Å². The first-order chi connectivity index (χ1) is 20.2. The van der Waals surface area contributed by atoms with Crippen LogP contribution in [0, 0.1) is 0 Å². The molecule has 0 bridgehead atoms. The number of imidazole rings is 1. The minimum atomic E-state index is -1.28. The smallest absolute Gasteiger partial charge is 0.243 e. The van der Waals surface area contributed by atoms with E-state index in [-0.39, 0.29) is 6.42 Å². The number of hydrogen-bond acceptors (Lipinski definition) is 12. The molecule has 15 heteroatoms. The highest BCUT2D eigenvalue weighted by Crippen LogP contribution is 2.32. The van der Waals surface area contributed by atoms with Crippen molar-refractivity contribution in [1.29, 1.82) is 0 Å². The summed E-state index contributed by atoms with van der Waals surface area (Å²) in [6.45, 7) is -0.474. The third-order valence-corrected chi connectivity index (χ3v) is 7.75. The van der Waals surface area contributed by atoms with Crippen LogP contribution in [0.5, 0.6) is 5.75 Å². The van der Waals surface area contributed by atoms with Crippen LogP contribution in [0.2, 0.25) is 0 Å². The van der Waals surface area contributed by atoms with Crippen LogP contribution < -0.4 is 26.0 Å². The van der Waals surface area contributed by atoms with Crippen LogP contribution >= 0.6 is 11.8 Å². The van der Waals surface area contributed by atoms with Crippen LogP contribution in [0.15, 0.2) is 36.9 Å². The van der Waals surface area contributed by atoms with Gasteiger partial charge in [-0.15, -0.1) is 0 Å². The van der Waals surface area contributed by atoms with Crippen molar-refractivity contribution >= 4 is 40.6 Å². The van der Waals surface area contributed by atoms with Crippen molar-refractivity contribution in [1.82, 2.24) is 30.2 Å². The second kappa shape index (κ2) is 14.1. The van der Waals surface area contributed by atoms with Crippen LogP contribution in [0.1, 0.15) is 18.2 Å². The third-order valence-electron chi connectivity index (χ3n) is 7.10. The van der Waals surface area contributed by atoms with E-state index in [9.17, 15) is 19.8 Å². The van der Waals surface area contributed by atoms with Crippen LogP contribution in [0.4, 0.5) is 5.82 Å². The normalized spacial score (nSPS) is 21.6. The lowest BCUT2D eigenvalue weighted by molar-refractivity contribution is -0.130. The van der Waals surface area contributed by atoms with Crippen LogP contribution in [-0.2, 0) is 20.7 Å². The number of thioether (sulfide) groups is 1. The Morgan fingerprint density at radius 1 is 1.21 bits per heavy atom. The van der Waals surface area contributed by atoms with E-state index in [0.717, 1.165) is 5.56 Å². The van der Waals surface area contributed by atoms with Gasteiger partial charge in [0.25, 0.3) is 0 Å². The van der Waals surface area contributed by atoms with Gasteiger partial charge in [0, 0.05) is 20.5 Å². The zero-order valence-electron chi connectivity index (χ0n) is 24.0. The van der Waals surface area contributed by atoms with E-state index in [1.165, 1.54) is 12.7 Å². The number of benzene rings is 1. The van der Waals surface area contributed by atoms with Crippen LogP contribution in [-0.4, -0.2) is 112 Å². The Labute approximate surface area is 248 Å². The van der Waals surface area contributed by atoms with Crippen LogP contribution in [0.3, 0.4) is 0 Å². The summed E-state index contributed by atoms with van der Waals surface area (Å²) in [5.74, 6) is 0.914. The van der Waals surface area contributed by atoms with Crippen molar-refractivity contribution in [3.63, 3.8) is 0 Å². The first-order valence-electron chi connectivity index (χ1n) is 13.5. The predicted octanol–water partition coefficient (Wildman–Crippen LogP) is -0.556. The molecule has 1 fully saturated rings. The number of fused-ring (bicyclic) bond motifs is 1. The summed E-state index contributed by atoms with van der Waals surface area (Å²) < 4.78 is 12.7. The molecule has 0 saturated carbocycles. The van der Waals surface area contributed by atoms with E-state index in [1.54, 1.807) is 52.6 Å². The Bertz CT molecular complexity index is 1360. The number of carbonyl (C=O) groups is 2. The quantitative estimate of drug-likeness (QED) is 0.168. The van der Waals surface area contributed by atoms with Gasteiger partial charge >= 0.3 is 0 Å². The van der Waals surface area contributed by atoms with Crippen molar-refractivity contribution in [2.24, 2.45) is 5.73 Å². The largest absolute Gasteiger partial charge is 0.497 e. The number of ether oxygens (including phenoxy) is 2. The van der Waals surface area contributed by atoms with Gasteiger partial charge in [-0.3, -0.25) is 14.2 Å². The monoisotopic (exact) mass is 602 g/mol. The summed E-state index contributed by atoms with van der Waals surface area (Å²) in [6.07, 6.45) is 2.17. The maximum absolute atomic E-state index is 13.6. The topological polar surface area (TPSA) is 190 Å². The second-order valence-electron chi connectivity index (χ2n) is 10.2. The number of methoxy groups -OCH3 is 1. The molecule has 6 N–H and O–H groups in total. The summed E-state index contributed by atoms with van der Waals surface area (Å²) in [5.41, 5.74) is 7.77. The lowest BCUT2D eigenvalue weighted by Crippen LogP contribution is -2.57. The second-order valence-corrected chi connectivity index (χ2v) is 11.2. The Hall–Kier alpha value is -3.50. The minimum Gasteiger partial charge on any atom is -0.497 e. The summed E-state index contributed by atoms with van der Waals surface area (Å²) in [5, 5.41) is 27.0. The molecule has 0 aliphatic carbocycles. The van der Waals surface area contributed by atoms with E-state index in [2.05, 4.69) is 25.6 Å². The highest BCUT2D eigenvalue weighted by atomic mass is 32.2. The molecule has 3 heterocycles. The van der Waals surface area contributed by atoms with Crippen molar-refractivity contribution in [2.45, 2.75) is 49.4 Å². The van der Waals surface area contributed by atoms with Gasteiger partial charge in [0.2, 0.25) is 11.8 Å². The number of aliphatic hydroxyl groups is 2. The number of carbonyl (C=O) groups excluding carboxylic acids is 2. The Morgan fingerprint density at radius 2 is 1.95 bits per heavy atom. The first-order valence-corrected chi connectivity index (χ1v) is 14.8. The molecular weight excluding hydrogens is 564 g/mol. The average Bonchev–Trinajstić information content (AvgIpc) is 3.55. The van der Waals surface area contributed by atoms with Gasteiger partial charge in [0.15, 0.2) is 23.2 Å². The lowest BCUT2D eigenvalue weighted by Gasteiger charge is -2.26. The van der Waals surface area contributed by atoms with Gasteiger partial charge in [0.05, 0.1) is 32.1 Å². The van der Waals surface area contributed by atoms with Crippen molar-refractivity contribution in [3.8, 4) is 5.75 Å². The molecule has 14 nitrogen and oxygen atoms in total. The van der Waals surface area contributed by atoms with E-state index < -0.39 is 55.0 Å². The van der Waals surface area contributed by atoms with Gasteiger partial charge in [0.1, 0.15) is 30.3 Å². The van der Waals surface area contributed by atoms with E-state index >= 15 is 0 Å². The minimum absolute atomic E-state index is 0.157. The van der Waals surface area contributed by atoms with Crippen molar-refractivity contribution < 1.29 is 29.3 Å². The maximum atomic E-state index is 13.6. The van der Waals surface area contributed by atoms with Gasteiger partial charge in [-0.2, -0.15) is 11.8 Å². The zero-order chi connectivity index (χ0) is 30.4. The number of nitrogens with zero attached hydrogens (tertiary/aromatic N) is 5. The lowest BCUT2D eigenvalue weighted by atomic mass is 10.0. The number of anilines is 1. The number of amides is 2. The van der Waals surface area contributed by atoms with Gasteiger partial charge < -0.3 is 41.0 Å². The number of aromatic nitrogens is 4. The third kappa shape index (κ3) is 6.93. The maximum Gasteiger partial charge on any atom is 0.243 e. The van der Waals surface area contributed by atoms with Gasteiger partial charge in [-0.05, 0) is 36.1 Å². The molecule has 1 unspecified atom stereocenters. The van der Waals surface area contributed by atoms with Gasteiger partial charge in [-0.1, -0.05) is 12.1 Å². The molecule has 1 aliphatic rings. The van der Waals surface area contributed by atoms with E-state index in [4.69, 9.17) is 15.2 Å². The molecule has 0 radical (unpaired) electrons. The standard InChI is InChI=1S/C27H38N8O6S/c1-34(2)23-21-24(30-13-29-23)35(14-31-21)27-22(37)20(19(12-36)41-27)33-26(39)18(32-25(38)17(28)9-10-42-4)11-15-5-7-16(40-3)8-6-15/h5-8,13-14,17-20,22,27,36-37H,9-12,28H2,1-4H3,(H,32,38)(H,33,39)/t17?,18-,19-,20-,22-,27-/m1/s1. The molecule has 0 spiro atoms. The molecule has 1 aliphatic heterocycles. The number of rotatable bonds is 13. The van der Waals surface area contributed by atoms with Crippen LogP contribution in [0.25, 0.3) is 11.2 Å². The molecule has 2 amide bonds.